The maximum atomic E-state index is 13.6. The zero-order valence-corrected chi connectivity index (χ0v) is 32.4. The van der Waals surface area contributed by atoms with Crippen molar-refractivity contribution in [3.63, 3.8) is 0 Å². The number of hydrogen-bond acceptors (Lipinski definition) is 12. The summed E-state index contributed by atoms with van der Waals surface area (Å²) in [6.45, 7) is 5.72. The van der Waals surface area contributed by atoms with Crippen LogP contribution in [0.1, 0.15) is 59.3 Å². The molecule has 1 unspecified atom stereocenters. The molecule has 0 aliphatic carbocycles. The topological polar surface area (TPSA) is 173 Å². The number of nitrogens with two attached hydrogens (primary N) is 2. The Morgan fingerprint density at radius 1 is 0.754 bits per heavy atom. The highest BCUT2D eigenvalue weighted by molar-refractivity contribution is 5.94. The lowest BCUT2D eigenvalue weighted by atomic mass is 10.1. The van der Waals surface area contributed by atoms with Crippen molar-refractivity contribution >= 4 is 35.7 Å². The Labute approximate surface area is 333 Å². The van der Waals surface area contributed by atoms with Crippen LogP contribution in [0, 0.1) is 13.8 Å². The first kappa shape index (κ1) is 40.3. The van der Waals surface area contributed by atoms with Gasteiger partial charge in [-0.25, -0.2) is 14.8 Å². The summed E-state index contributed by atoms with van der Waals surface area (Å²) in [5, 5.41) is 3.31. The van der Waals surface area contributed by atoms with Crippen LogP contribution in [-0.4, -0.2) is 66.2 Å². The van der Waals surface area contributed by atoms with E-state index < -0.39 is 12.2 Å². The molecule has 0 radical (unpaired) electrons. The highest BCUT2D eigenvalue weighted by Gasteiger charge is 2.16. The summed E-state index contributed by atoms with van der Waals surface area (Å²) in [4.78, 5) is 37.3. The number of rotatable bonds is 19. The lowest BCUT2D eigenvalue weighted by Crippen LogP contribution is -2.33. The van der Waals surface area contributed by atoms with Gasteiger partial charge in [0.1, 0.15) is 11.6 Å². The number of aryl methyl sites for hydroxylation is 4. The molecule has 6 rings (SSSR count). The molecule has 13 nitrogen and oxygen atoms in total. The Hall–Kier alpha value is -6.34. The van der Waals surface area contributed by atoms with E-state index in [2.05, 4.69) is 15.3 Å². The second-order valence-corrected chi connectivity index (χ2v) is 14.0. The number of esters is 1. The molecule has 4 aromatic rings. The average Bonchev–Trinajstić information content (AvgIpc) is 3.85. The highest BCUT2D eigenvalue weighted by Crippen LogP contribution is 2.33. The Balaban J connectivity index is 1.07. The summed E-state index contributed by atoms with van der Waals surface area (Å²) < 4.78 is 27.7. The van der Waals surface area contributed by atoms with E-state index >= 15 is 0 Å². The quantitative estimate of drug-likeness (QED) is 0.0419. The number of carbonyl (C=O) groups is 2. The number of benzene rings is 2. The van der Waals surface area contributed by atoms with Gasteiger partial charge >= 0.3 is 5.97 Å². The second-order valence-electron chi connectivity index (χ2n) is 14.0. The number of aromatic nitrogens is 2. The van der Waals surface area contributed by atoms with Crippen LogP contribution in [-0.2, 0) is 27.2 Å². The first-order valence-corrected chi connectivity index (χ1v) is 19.2. The normalized spacial score (nSPS) is 13.5. The zero-order valence-electron chi connectivity index (χ0n) is 32.4. The van der Waals surface area contributed by atoms with Crippen molar-refractivity contribution in [3.05, 3.63) is 119 Å². The van der Waals surface area contributed by atoms with Crippen LogP contribution in [0.2, 0.25) is 0 Å². The molecule has 2 aromatic heterocycles. The number of ether oxygens (including phenoxy) is 5. The van der Waals surface area contributed by atoms with Crippen molar-refractivity contribution in [1.29, 1.82) is 0 Å². The van der Waals surface area contributed by atoms with E-state index in [1.807, 2.05) is 92.7 Å². The predicted octanol–water partition coefficient (Wildman–Crippen LogP) is 6.33. The molecule has 13 heteroatoms. The summed E-state index contributed by atoms with van der Waals surface area (Å²) in [6.07, 6.45) is 13.8. The van der Waals surface area contributed by atoms with Gasteiger partial charge in [0, 0.05) is 36.6 Å². The number of nitrogens with zero attached hydrogens (tertiary/aromatic N) is 3. The smallest absolute Gasteiger partial charge is 0.332 e. The number of hydrogen-bond donors (Lipinski definition) is 3. The van der Waals surface area contributed by atoms with Crippen LogP contribution in [0.25, 0.3) is 12.2 Å². The molecule has 298 valence electrons. The predicted molar refractivity (Wildman–Crippen MR) is 219 cm³/mol. The fraction of sp³-hybridized carbons (Fsp3) is 0.318. The first-order chi connectivity index (χ1) is 27.7. The number of unbranched alkanes of at least 4 members (excludes halogenated alkanes) is 2. The lowest BCUT2D eigenvalue weighted by Gasteiger charge is -2.20. The van der Waals surface area contributed by atoms with Crippen LogP contribution in [0.15, 0.2) is 85.0 Å². The minimum Gasteiger partial charge on any atom is -0.454 e. The van der Waals surface area contributed by atoms with Gasteiger partial charge in [0.15, 0.2) is 29.2 Å². The number of nitrogen functional groups attached to an aromatic ring is 2. The molecule has 2 aromatic carbocycles. The summed E-state index contributed by atoms with van der Waals surface area (Å²) in [5.74, 6) is 2.75. The Morgan fingerprint density at radius 2 is 1.33 bits per heavy atom. The highest BCUT2D eigenvalue weighted by atomic mass is 16.7. The Morgan fingerprint density at radius 3 is 1.95 bits per heavy atom. The van der Waals surface area contributed by atoms with Crippen molar-refractivity contribution in [2.45, 2.75) is 58.6 Å². The van der Waals surface area contributed by atoms with Crippen molar-refractivity contribution in [1.82, 2.24) is 20.2 Å². The van der Waals surface area contributed by atoms with Crippen LogP contribution in [0.3, 0.4) is 0 Å². The second kappa shape index (κ2) is 20.0. The van der Waals surface area contributed by atoms with Gasteiger partial charge in [-0.3, -0.25) is 10.1 Å². The maximum absolute atomic E-state index is 13.6. The molecule has 57 heavy (non-hydrogen) atoms. The minimum absolute atomic E-state index is 0.175. The van der Waals surface area contributed by atoms with E-state index in [0.29, 0.717) is 54.3 Å². The van der Waals surface area contributed by atoms with E-state index in [-0.39, 0.29) is 19.5 Å². The van der Waals surface area contributed by atoms with Crippen molar-refractivity contribution in [3.8, 4) is 23.0 Å². The molecule has 0 saturated carbocycles. The molecule has 2 aliphatic rings. The number of anilines is 2. The molecule has 0 bridgehead atoms. The van der Waals surface area contributed by atoms with E-state index in [0.717, 1.165) is 72.2 Å². The zero-order chi connectivity index (χ0) is 40.0. The number of carbonyl (C=O) groups excluding carboxylic acids is 2. The maximum Gasteiger partial charge on any atom is 0.332 e. The van der Waals surface area contributed by atoms with Crippen LogP contribution < -0.4 is 35.7 Å². The summed E-state index contributed by atoms with van der Waals surface area (Å²) in [5.41, 5.74) is 17.6. The van der Waals surface area contributed by atoms with Crippen molar-refractivity contribution in [2.75, 3.05) is 44.7 Å². The van der Waals surface area contributed by atoms with Crippen molar-refractivity contribution < 1.29 is 33.3 Å². The molecule has 1 amide bonds. The number of pyridine rings is 2. The van der Waals surface area contributed by atoms with Crippen LogP contribution in [0.5, 0.6) is 23.0 Å². The van der Waals surface area contributed by atoms with Gasteiger partial charge in [-0.1, -0.05) is 30.4 Å². The number of amides is 1. The molecular formula is C44H50N6O7. The summed E-state index contributed by atoms with van der Waals surface area (Å²) >= 11 is 0. The SMILES string of the molecule is Cc1cc(N)nc(CCCCNC(/C=C/c2ccc3c(c2)OCO3)OC(=O)/C=C/C(=O)N(C/C=C/c2ccc3c(c2)OCO3)CCCCc2cc(C)cc(N)n2)c1. The average molecular weight is 775 g/mol. The monoisotopic (exact) mass is 774 g/mol. The summed E-state index contributed by atoms with van der Waals surface area (Å²) in [7, 11) is 0. The fourth-order valence-corrected chi connectivity index (χ4v) is 6.47. The Bertz CT molecular complexity index is 2080. The first-order valence-electron chi connectivity index (χ1n) is 19.2. The molecule has 5 N–H and O–H groups in total. The van der Waals surface area contributed by atoms with Crippen LogP contribution in [0.4, 0.5) is 11.6 Å². The standard InChI is InChI=1S/C44H50N6O7/c1-30-22-34(48-40(45)24-30)9-3-5-19-47-42(16-13-33-12-15-37-39(27-33)56-29-54-37)57-44(52)18-17-43(51)50(20-6-4-10-35-23-31(2)25-41(46)49-35)21-7-8-32-11-14-36-38(26-32)55-28-53-36/h7-8,11-18,22-27,42,47H,3-6,9-10,19-21,28-29H2,1-2H3,(H2,45,48)(H2,46,49)/b8-7+,16-13+,18-17+. The van der Waals surface area contributed by atoms with E-state index in [1.165, 1.54) is 12.2 Å². The third-order valence-electron chi connectivity index (χ3n) is 9.21. The fourth-order valence-electron chi connectivity index (χ4n) is 6.47. The van der Waals surface area contributed by atoms with Crippen LogP contribution >= 0.6 is 0 Å². The largest absolute Gasteiger partial charge is 0.454 e. The molecule has 2 aliphatic heterocycles. The molecule has 4 heterocycles. The van der Waals surface area contributed by atoms with Gasteiger partial charge in [-0.15, -0.1) is 0 Å². The van der Waals surface area contributed by atoms with Gasteiger partial charge in [-0.05, 0) is 136 Å². The van der Waals surface area contributed by atoms with Gasteiger partial charge in [0.05, 0.1) is 0 Å². The third kappa shape index (κ3) is 12.6. The molecular weight excluding hydrogens is 725 g/mol. The lowest BCUT2D eigenvalue weighted by molar-refractivity contribution is -0.142. The third-order valence-corrected chi connectivity index (χ3v) is 9.21. The molecule has 1 atom stereocenters. The van der Waals surface area contributed by atoms with E-state index in [4.69, 9.17) is 35.2 Å². The Kier molecular flexibility index (Phi) is 14.2. The molecule has 0 saturated heterocycles. The van der Waals surface area contributed by atoms with E-state index in [1.54, 1.807) is 11.0 Å². The van der Waals surface area contributed by atoms with Gasteiger partial charge < -0.3 is 40.1 Å². The number of nitrogens with one attached hydrogen (secondary N) is 1. The van der Waals surface area contributed by atoms with E-state index in [9.17, 15) is 9.59 Å². The number of fused-ring (bicyclic) bond motifs is 2. The minimum atomic E-state index is -0.763. The van der Waals surface area contributed by atoms with Gasteiger partial charge in [0.25, 0.3) is 0 Å². The van der Waals surface area contributed by atoms with Gasteiger partial charge in [0.2, 0.25) is 19.5 Å². The molecule has 0 spiro atoms. The van der Waals surface area contributed by atoms with Gasteiger partial charge in [-0.2, -0.15) is 0 Å². The summed E-state index contributed by atoms with van der Waals surface area (Å²) in [6, 6.07) is 19.0. The molecule has 0 fully saturated rings. The van der Waals surface area contributed by atoms with Crippen molar-refractivity contribution in [2.24, 2.45) is 0 Å².